The number of aromatic nitrogens is 2. The number of hydrogen-bond donors (Lipinski definition) is 2. The summed E-state index contributed by atoms with van der Waals surface area (Å²) in [6.07, 6.45) is 1.35. The summed E-state index contributed by atoms with van der Waals surface area (Å²) in [5.41, 5.74) is -0.408. The standard InChI is InChI=1S/C17H14FN3O4/c1-17(2,18)16(24)20-10-3-4-13-11(8-10)21-14(25-13)9-5-6-19-12(7-9)15(22)23/h3-8H,1-2H3,(H,20,24)(H,22,23). The topological polar surface area (TPSA) is 105 Å². The minimum atomic E-state index is -2.01. The Hall–Kier alpha value is -3.29. The number of carboxylic acids is 1. The van der Waals surface area contributed by atoms with Crippen molar-refractivity contribution in [2.75, 3.05) is 5.32 Å². The number of fused-ring (bicyclic) bond motifs is 1. The normalized spacial score (nSPS) is 11.5. The van der Waals surface area contributed by atoms with Gasteiger partial charge in [0, 0.05) is 17.4 Å². The van der Waals surface area contributed by atoms with Gasteiger partial charge in [-0.3, -0.25) is 4.79 Å². The van der Waals surface area contributed by atoms with Gasteiger partial charge in [-0.05, 0) is 44.2 Å². The van der Waals surface area contributed by atoms with Crippen molar-refractivity contribution < 1.29 is 23.5 Å². The molecule has 25 heavy (non-hydrogen) atoms. The van der Waals surface area contributed by atoms with Crippen molar-refractivity contribution in [3.05, 3.63) is 42.2 Å². The monoisotopic (exact) mass is 343 g/mol. The van der Waals surface area contributed by atoms with Gasteiger partial charge < -0.3 is 14.8 Å². The molecule has 0 radical (unpaired) electrons. The SMILES string of the molecule is CC(C)(F)C(=O)Nc1ccc2oc(-c3ccnc(C(=O)O)c3)nc2c1. The van der Waals surface area contributed by atoms with Crippen LogP contribution in [0.25, 0.3) is 22.6 Å². The molecule has 0 bridgehead atoms. The highest BCUT2D eigenvalue weighted by Crippen LogP contribution is 2.27. The number of pyridine rings is 1. The van der Waals surface area contributed by atoms with Gasteiger partial charge in [0.15, 0.2) is 11.3 Å². The molecule has 0 unspecified atom stereocenters. The third-order valence-corrected chi connectivity index (χ3v) is 3.41. The number of aromatic carboxylic acids is 1. The fourth-order valence-electron chi connectivity index (χ4n) is 2.09. The summed E-state index contributed by atoms with van der Waals surface area (Å²) < 4.78 is 19.2. The van der Waals surface area contributed by atoms with Gasteiger partial charge in [-0.15, -0.1) is 0 Å². The van der Waals surface area contributed by atoms with E-state index in [1.54, 1.807) is 24.3 Å². The van der Waals surface area contributed by atoms with E-state index in [9.17, 15) is 14.0 Å². The van der Waals surface area contributed by atoms with E-state index in [2.05, 4.69) is 15.3 Å². The molecule has 1 aromatic carbocycles. The van der Waals surface area contributed by atoms with Crippen molar-refractivity contribution in [1.29, 1.82) is 0 Å². The molecule has 2 N–H and O–H groups in total. The van der Waals surface area contributed by atoms with Gasteiger partial charge in [0.2, 0.25) is 5.89 Å². The third kappa shape index (κ3) is 3.47. The van der Waals surface area contributed by atoms with E-state index >= 15 is 0 Å². The Morgan fingerprint density at radius 3 is 2.68 bits per heavy atom. The van der Waals surface area contributed by atoms with Crippen LogP contribution in [-0.2, 0) is 4.79 Å². The molecule has 1 amide bonds. The maximum absolute atomic E-state index is 13.6. The summed E-state index contributed by atoms with van der Waals surface area (Å²) in [5, 5.41) is 11.5. The lowest BCUT2D eigenvalue weighted by Crippen LogP contribution is -2.32. The summed E-state index contributed by atoms with van der Waals surface area (Å²) in [6.45, 7) is 2.33. The van der Waals surface area contributed by atoms with Crippen molar-refractivity contribution in [2.45, 2.75) is 19.5 Å². The third-order valence-electron chi connectivity index (χ3n) is 3.41. The first-order chi connectivity index (χ1) is 11.7. The molecular formula is C17H14FN3O4. The predicted molar refractivity (Wildman–Crippen MR) is 88.0 cm³/mol. The first kappa shape index (κ1) is 16.6. The number of carbonyl (C=O) groups is 2. The molecule has 0 aliphatic carbocycles. The second-order valence-electron chi connectivity index (χ2n) is 5.86. The number of carboxylic acid groups (broad SMARTS) is 1. The maximum atomic E-state index is 13.6. The molecule has 128 valence electrons. The molecule has 2 heterocycles. The zero-order chi connectivity index (χ0) is 18.2. The number of benzene rings is 1. The molecule has 0 aliphatic heterocycles. The molecule has 0 spiro atoms. The van der Waals surface area contributed by atoms with E-state index in [1.807, 2.05) is 0 Å². The summed E-state index contributed by atoms with van der Waals surface area (Å²) in [4.78, 5) is 30.7. The van der Waals surface area contributed by atoms with Crippen LogP contribution in [0.2, 0.25) is 0 Å². The molecule has 0 fully saturated rings. The van der Waals surface area contributed by atoms with Gasteiger partial charge in [0.1, 0.15) is 11.2 Å². The molecule has 7 nitrogen and oxygen atoms in total. The van der Waals surface area contributed by atoms with Crippen LogP contribution < -0.4 is 5.32 Å². The first-order valence-corrected chi connectivity index (χ1v) is 7.35. The molecule has 3 aromatic rings. The van der Waals surface area contributed by atoms with Crippen LogP contribution in [0.4, 0.5) is 10.1 Å². The van der Waals surface area contributed by atoms with Crippen molar-refractivity contribution >= 4 is 28.7 Å². The highest BCUT2D eigenvalue weighted by atomic mass is 19.1. The van der Waals surface area contributed by atoms with Crippen molar-refractivity contribution in [2.24, 2.45) is 0 Å². The van der Waals surface area contributed by atoms with E-state index in [0.717, 1.165) is 0 Å². The lowest BCUT2D eigenvalue weighted by atomic mass is 10.1. The van der Waals surface area contributed by atoms with Crippen molar-refractivity contribution in [1.82, 2.24) is 9.97 Å². The molecular weight excluding hydrogens is 329 g/mol. The zero-order valence-electron chi connectivity index (χ0n) is 13.4. The molecule has 0 saturated carbocycles. The van der Waals surface area contributed by atoms with Crippen LogP contribution in [0.15, 0.2) is 40.9 Å². The quantitative estimate of drug-likeness (QED) is 0.753. The molecule has 3 rings (SSSR count). The Balaban J connectivity index is 1.94. The van der Waals surface area contributed by atoms with Gasteiger partial charge in [-0.2, -0.15) is 0 Å². The highest BCUT2D eigenvalue weighted by molar-refractivity contribution is 5.98. The summed E-state index contributed by atoms with van der Waals surface area (Å²) in [5.74, 6) is -1.71. The number of halogens is 1. The van der Waals surface area contributed by atoms with Gasteiger partial charge in [-0.1, -0.05) is 0 Å². The Kier molecular flexibility index (Phi) is 3.96. The van der Waals surface area contributed by atoms with Crippen LogP contribution in [0.1, 0.15) is 24.3 Å². The average Bonchev–Trinajstić information content (AvgIpc) is 2.97. The van der Waals surface area contributed by atoms with Crippen LogP contribution in [0.3, 0.4) is 0 Å². The largest absolute Gasteiger partial charge is 0.477 e. The fourth-order valence-corrected chi connectivity index (χ4v) is 2.09. The van der Waals surface area contributed by atoms with Gasteiger partial charge in [-0.25, -0.2) is 19.2 Å². The van der Waals surface area contributed by atoms with Crippen molar-refractivity contribution in [3.63, 3.8) is 0 Å². The molecule has 2 aromatic heterocycles. The second-order valence-corrected chi connectivity index (χ2v) is 5.86. The summed E-state index contributed by atoms with van der Waals surface area (Å²) in [6, 6.07) is 7.63. The number of amides is 1. The van der Waals surface area contributed by atoms with E-state index in [1.165, 1.54) is 26.1 Å². The number of carbonyl (C=O) groups excluding carboxylic acids is 1. The molecule has 0 saturated heterocycles. The van der Waals surface area contributed by atoms with Gasteiger partial charge >= 0.3 is 5.97 Å². The van der Waals surface area contributed by atoms with E-state index < -0.39 is 17.5 Å². The number of hydrogen-bond acceptors (Lipinski definition) is 5. The molecule has 8 heteroatoms. The first-order valence-electron chi connectivity index (χ1n) is 7.35. The second kappa shape index (κ2) is 5.97. The van der Waals surface area contributed by atoms with Gasteiger partial charge in [0.05, 0.1) is 0 Å². The van der Waals surface area contributed by atoms with Crippen LogP contribution in [0.5, 0.6) is 0 Å². The van der Waals surface area contributed by atoms with Crippen LogP contribution in [0, 0.1) is 0 Å². The lowest BCUT2D eigenvalue weighted by molar-refractivity contribution is -0.125. The number of anilines is 1. The van der Waals surface area contributed by atoms with Gasteiger partial charge in [0.25, 0.3) is 5.91 Å². The number of oxazole rings is 1. The fraction of sp³-hybridized carbons (Fsp3) is 0.176. The molecule has 0 aliphatic rings. The number of alkyl halides is 1. The van der Waals surface area contributed by atoms with E-state index in [4.69, 9.17) is 9.52 Å². The average molecular weight is 343 g/mol. The minimum Gasteiger partial charge on any atom is -0.477 e. The minimum absolute atomic E-state index is 0.127. The zero-order valence-corrected chi connectivity index (χ0v) is 13.4. The number of nitrogens with one attached hydrogen (secondary N) is 1. The smallest absolute Gasteiger partial charge is 0.354 e. The maximum Gasteiger partial charge on any atom is 0.354 e. The summed E-state index contributed by atoms with van der Waals surface area (Å²) >= 11 is 0. The predicted octanol–water partition coefficient (Wildman–Crippen LogP) is 3.27. The molecule has 0 atom stereocenters. The Labute approximate surface area is 141 Å². The van der Waals surface area contributed by atoms with Crippen molar-refractivity contribution in [3.8, 4) is 11.5 Å². The lowest BCUT2D eigenvalue weighted by Gasteiger charge is -2.13. The summed E-state index contributed by atoms with van der Waals surface area (Å²) in [7, 11) is 0. The number of rotatable bonds is 4. The van der Waals surface area contributed by atoms with E-state index in [-0.39, 0.29) is 11.6 Å². The number of nitrogens with zero attached hydrogens (tertiary/aromatic N) is 2. The highest BCUT2D eigenvalue weighted by Gasteiger charge is 2.26. The van der Waals surface area contributed by atoms with Crippen LogP contribution >= 0.6 is 0 Å². The van der Waals surface area contributed by atoms with Crippen LogP contribution in [-0.4, -0.2) is 32.6 Å². The Morgan fingerprint density at radius 1 is 1.24 bits per heavy atom. The Bertz CT molecular complexity index is 975. The van der Waals surface area contributed by atoms with E-state index in [0.29, 0.717) is 22.4 Å². The Morgan fingerprint density at radius 2 is 2.00 bits per heavy atom.